The van der Waals surface area contributed by atoms with Crippen LogP contribution in [0, 0.1) is 5.92 Å². The fourth-order valence-electron chi connectivity index (χ4n) is 3.90. The average molecular weight is 679 g/mol. The summed E-state index contributed by atoms with van der Waals surface area (Å²) in [6, 6.07) is 2.88. The number of rotatable bonds is 15. The highest BCUT2D eigenvalue weighted by Gasteiger charge is 2.28. The molecule has 268 valence electrons. The number of hydrogen-bond acceptors (Lipinski definition) is 10. The van der Waals surface area contributed by atoms with Crippen molar-refractivity contribution in [2.75, 3.05) is 13.1 Å². The van der Waals surface area contributed by atoms with Crippen LogP contribution < -0.4 is 37.1 Å². The van der Waals surface area contributed by atoms with E-state index in [9.17, 15) is 33.6 Å². The maximum absolute atomic E-state index is 13.3. The Hall–Kier alpha value is -4.89. The maximum atomic E-state index is 13.3. The van der Waals surface area contributed by atoms with Gasteiger partial charge in [-0.05, 0) is 78.5 Å². The molecule has 16 nitrogen and oxygen atoms in total. The molecule has 0 aliphatic carbocycles. The molecule has 1 aromatic rings. The van der Waals surface area contributed by atoms with Crippen molar-refractivity contribution in [2.24, 2.45) is 11.7 Å². The van der Waals surface area contributed by atoms with Crippen molar-refractivity contribution in [3.05, 3.63) is 29.8 Å². The topological polar surface area (TPSA) is 233 Å². The van der Waals surface area contributed by atoms with E-state index in [0.29, 0.717) is 5.56 Å². The van der Waals surface area contributed by atoms with Gasteiger partial charge in [0.15, 0.2) is 0 Å². The van der Waals surface area contributed by atoms with Gasteiger partial charge in [-0.3, -0.25) is 24.0 Å². The van der Waals surface area contributed by atoms with Crippen LogP contribution in [0.15, 0.2) is 24.3 Å². The van der Waals surface area contributed by atoms with Crippen LogP contribution in [0.2, 0.25) is 0 Å². The largest absolute Gasteiger partial charge is 0.514 e. The maximum Gasteiger partial charge on any atom is 0.514 e. The van der Waals surface area contributed by atoms with Crippen molar-refractivity contribution in [2.45, 2.75) is 104 Å². The lowest BCUT2D eigenvalue weighted by Crippen LogP contribution is -2.55. The Morgan fingerprint density at radius 1 is 0.708 bits per heavy atom. The van der Waals surface area contributed by atoms with Gasteiger partial charge in [-0.2, -0.15) is 0 Å². The molecule has 0 unspecified atom stereocenters. The smallest absolute Gasteiger partial charge is 0.444 e. The minimum atomic E-state index is -1.19. The van der Waals surface area contributed by atoms with E-state index in [1.807, 2.05) is 13.8 Å². The van der Waals surface area contributed by atoms with Crippen LogP contribution in [0.1, 0.15) is 74.3 Å². The van der Waals surface area contributed by atoms with Gasteiger partial charge in [-0.15, -0.1) is 0 Å². The molecule has 7 N–H and O–H groups in total. The highest BCUT2D eigenvalue weighted by atomic mass is 16.7. The minimum absolute atomic E-state index is 0.0187. The fourth-order valence-corrected chi connectivity index (χ4v) is 3.90. The SMILES string of the molecule is CC(C)C[C@@H](NC(=O)CNC(=O)[C@H](C)NC(=O)[C@H](Cc1ccc(OC(=O)OC(C)(C)C)cc1)NC(=O)OC(C)(C)C)C(=O)NCC(N)=O. The summed E-state index contributed by atoms with van der Waals surface area (Å²) in [7, 11) is 0. The molecule has 1 aromatic carbocycles. The third-order valence-corrected chi connectivity index (χ3v) is 5.93. The lowest BCUT2D eigenvalue weighted by atomic mass is 10.0. The number of nitrogens with two attached hydrogens (primary N) is 1. The molecule has 0 spiro atoms. The van der Waals surface area contributed by atoms with Crippen molar-refractivity contribution in [1.82, 2.24) is 26.6 Å². The summed E-state index contributed by atoms with van der Waals surface area (Å²) in [6.45, 7) is 14.2. The minimum Gasteiger partial charge on any atom is -0.444 e. The molecule has 16 heteroatoms. The highest BCUT2D eigenvalue weighted by Crippen LogP contribution is 2.17. The van der Waals surface area contributed by atoms with E-state index >= 15 is 0 Å². The van der Waals surface area contributed by atoms with Crippen LogP contribution in [0.25, 0.3) is 0 Å². The molecule has 0 saturated carbocycles. The van der Waals surface area contributed by atoms with Crippen molar-refractivity contribution in [1.29, 1.82) is 0 Å². The van der Waals surface area contributed by atoms with Gasteiger partial charge < -0.3 is 46.5 Å². The Morgan fingerprint density at radius 2 is 1.27 bits per heavy atom. The summed E-state index contributed by atoms with van der Waals surface area (Å²) in [5.74, 6) is -3.23. The number of carbonyl (C=O) groups is 7. The Balaban J connectivity index is 2.90. The third kappa shape index (κ3) is 17.7. The van der Waals surface area contributed by atoms with Gasteiger partial charge in [0.2, 0.25) is 29.5 Å². The molecule has 0 aromatic heterocycles. The third-order valence-electron chi connectivity index (χ3n) is 5.93. The zero-order valence-electron chi connectivity index (χ0n) is 29.1. The number of nitrogens with one attached hydrogen (secondary N) is 5. The monoisotopic (exact) mass is 678 g/mol. The van der Waals surface area contributed by atoms with E-state index in [0.717, 1.165) is 0 Å². The summed E-state index contributed by atoms with van der Waals surface area (Å²) >= 11 is 0. The van der Waals surface area contributed by atoms with Crippen LogP contribution >= 0.6 is 0 Å². The average Bonchev–Trinajstić information content (AvgIpc) is 2.92. The molecule has 6 amide bonds. The lowest BCUT2D eigenvalue weighted by molar-refractivity contribution is -0.132. The van der Waals surface area contributed by atoms with Gasteiger partial charge in [0, 0.05) is 6.42 Å². The van der Waals surface area contributed by atoms with Crippen molar-refractivity contribution >= 4 is 41.8 Å². The number of carbonyl (C=O) groups excluding carboxylic acids is 7. The Bertz CT molecular complexity index is 1300. The van der Waals surface area contributed by atoms with Gasteiger partial charge in [-0.25, -0.2) is 9.59 Å². The molecule has 0 fully saturated rings. The highest BCUT2D eigenvalue weighted by molar-refractivity contribution is 5.94. The number of hydrogen-bond donors (Lipinski definition) is 6. The normalized spacial score (nSPS) is 13.2. The lowest BCUT2D eigenvalue weighted by Gasteiger charge is -2.24. The summed E-state index contributed by atoms with van der Waals surface area (Å²) in [4.78, 5) is 86.5. The first-order valence-electron chi connectivity index (χ1n) is 15.5. The first kappa shape index (κ1) is 41.1. The molecular formula is C32H50N6O10. The van der Waals surface area contributed by atoms with Crippen LogP contribution in [-0.4, -0.2) is 84.2 Å². The zero-order valence-corrected chi connectivity index (χ0v) is 29.1. The Morgan fingerprint density at radius 3 is 1.79 bits per heavy atom. The van der Waals surface area contributed by atoms with Crippen molar-refractivity contribution in [3.8, 4) is 5.75 Å². The van der Waals surface area contributed by atoms with Gasteiger partial charge in [0.05, 0.1) is 13.1 Å². The van der Waals surface area contributed by atoms with Crippen molar-refractivity contribution < 1.29 is 47.8 Å². The molecule has 0 aliphatic heterocycles. The van der Waals surface area contributed by atoms with Crippen LogP contribution in [0.3, 0.4) is 0 Å². The van der Waals surface area contributed by atoms with Crippen LogP contribution in [0.4, 0.5) is 9.59 Å². The van der Waals surface area contributed by atoms with Crippen LogP contribution in [-0.2, 0) is 39.9 Å². The summed E-state index contributed by atoms with van der Waals surface area (Å²) in [6.07, 6.45) is -1.51. The molecular weight excluding hydrogens is 628 g/mol. The number of primary amides is 1. The Labute approximate surface area is 280 Å². The van der Waals surface area contributed by atoms with Gasteiger partial charge in [-0.1, -0.05) is 26.0 Å². The van der Waals surface area contributed by atoms with E-state index in [1.165, 1.54) is 19.1 Å². The Kier molecular flexibility index (Phi) is 15.8. The molecule has 48 heavy (non-hydrogen) atoms. The number of amides is 6. The standard InChI is InChI=1S/C32H50N6O10/c1-18(2)14-22(27(42)34-16-24(33)39)37-25(40)17-35-26(41)19(3)36-28(43)23(38-29(44)47-31(4,5)6)15-20-10-12-21(13-11-20)46-30(45)48-32(7,8)9/h10-13,18-19,22-23H,14-17H2,1-9H3,(H2,33,39)(H,34,42)(H,35,41)(H,36,43)(H,37,40)(H,38,44)/t19-,22+,23-/m0/s1. The quantitative estimate of drug-likeness (QED) is 0.115. The fraction of sp³-hybridized carbons (Fsp3) is 0.594. The predicted molar refractivity (Wildman–Crippen MR) is 174 cm³/mol. The van der Waals surface area contributed by atoms with E-state index in [-0.39, 0.29) is 24.5 Å². The second-order valence-electron chi connectivity index (χ2n) is 13.5. The first-order valence-corrected chi connectivity index (χ1v) is 15.5. The number of benzene rings is 1. The van der Waals surface area contributed by atoms with E-state index in [1.54, 1.807) is 53.7 Å². The molecule has 0 bridgehead atoms. The number of alkyl carbamates (subject to hydrolysis) is 1. The van der Waals surface area contributed by atoms with Gasteiger partial charge >= 0.3 is 12.2 Å². The first-order chi connectivity index (χ1) is 22.0. The van der Waals surface area contributed by atoms with E-state index < -0.39 is 84.2 Å². The van der Waals surface area contributed by atoms with Crippen LogP contribution in [0.5, 0.6) is 5.75 Å². The summed E-state index contributed by atoms with van der Waals surface area (Å²) in [5.41, 5.74) is 4.05. The molecule has 0 aliphatic rings. The zero-order chi connectivity index (χ0) is 36.8. The molecule has 1 rings (SSSR count). The second-order valence-corrected chi connectivity index (χ2v) is 13.5. The van der Waals surface area contributed by atoms with E-state index in [2.05, 4.69) is 26.6 Å². The second kappa shape index (κ2) is 18.4. The van der Waals surface area contributed by atoms with E-state index in [4.69, 9.17) is 19.9 Å². The van der Waals surface area contributed by atoms with Gasteiger partial charge in [0.25, 0.3) is 0 Å². The van der Waals surface area contributed by atoms with Crippen molar-refractivity contribution in [3.63, 3.8) is 0 Å². The number of ether oxygens (including phenoxy) is 3. The summed E-state index contributed by atoms with van der Waals surface area (Å²) < 4.78 is 15.6. The molecule has 0 heterocycles. The molecule has 3 atom stereocenters. The van der Waals surface area contributed by atoms with Gasteiger partial charge in [0.1, 0.15) is 35.1 Å². The molecule has 0 radical (unpaired) electrons. The molecule has 0 saturated heterocycles. The predicted octanol–water partition coefficient (Wildman–Crippen LogP) is 1.19. The summed E-state index contributed by atoms with van der Waals surface area (Å²) in [5, 5.41) is 12.3.